The molecule has 1 saturated heterocycles. The largest absolute Gasteiger partial charge is 0.409 e. The van der Waals surface area contributed by atoms with Crippen LogP contribution in [0.15, 0.2) is 5.16 Å². The van der Waals surface area contributed by atoms with Crippen molar-refractivity contribution in [3.05, 3.63) is 0 Å². The summed E-state index contributed by atoms with van der Waals surface area (Å²) in [7, 11) is 0. The molecule has 4 heteroatoms. The van der Waals surface area contributed by atoms with Crippen LogP contribution in [0.5, 0.6) is 0 Å². The van der Waals surface area contributed by atoms with Crippen molar-refractivity contribution >= 4 is 5.84 Å². The minimum Gasteiger partial charge on any atom is -0.409 e. The fourth-order valence-corrected chi connectivity index (χ4v) is 2.11. The van der Waals surface area contributed by atoms with Crippen molar-refractivity contribution in [1.82, 2.24) is 4.90 Å². The quantitative estimate of drug-likeness (QED) is 0.310. The van der Waals surface area contributed by atoms with Gasteiger partial charge in [0.25, 0.3) is 0 Å². The van der Waals surface area contributed by atoms with Gasteiger partial charge in [0.15, 0.2) is 0 Å². The van der Waals surface area contributed by atoms with Crippen LogP contribution in [0.25, 0.3) is 0 Å². The Morgan fingerprint density at radius 2 is 2.43 bits per heavy atom. The molecule has 2 atom stereocenters. The molecule has 4 nitrogen and oxygen atoms in total. The van der Waals surface area contributed by atoms with E-state index in [0.29, 0.717) is 18.3 Å². The number of rotatable bonds is 4. The number of likely N-dealkylation sites (tertiary alicyclic amines) is 1. The molecule has 3 N–H and O–H groups in total. The van der Waals surface area contributed by atoms with Gasteiger partial charge in [-0.3, -0.25) is 4.90 Å². The van der Waals surface area contributed by atoms with Crippen LogP contribution in [-0.4, -0.2) is 35.1 Å². The minimum atomic E-state index is 0.344. The zero-order valence-electron chi connectivity index (χ0n) is 9.11. The SMILES string of the molecule is CCC(CC(N)=NO)N1CCC(C)C1. The highest BCUT2D eigenvalue weighted by atomic mass is 16.4. The third kappa shape index (κ3) is 2.87. The van der Waals surface area contributed by atoms with Gasteiger partial charge in [-0.1, -0.05) is 19.0 Å². The third-order valence-corrected chi connectivity index (χ3v) is 3.02. The standard InChI is InChI=1S/C10H21N3O/c1-3-9(6-10(11)12-14)13-5-4-8(2)7-13/h8-9,14H,3-7H2,1-2H3,(H2,11,12). The molecule has 2 unspecified atom stereocenters. The van der Waals surface area contributed by atoms with Crippen molar-refractivity contribution in [3.8, 4) is 0 Å². The topological polar surface area (TPSA) is 61.9 Å². The highest BCUT2D eigenvalue weighted by Crippen LogP contribution is 2.20. The summed E-state index contributed by atoms with van der Waals surface area (Å²) in [5, 5.41) is 11.6. The Kier molecular flexibility index (Phi) is 4.20. The van der Waals surface area contributed by atoms with Gasteiger partial charge in [0.1, 0.15) is 5.84 Å². The van der Waals surface area contributed by atoms with E-state index in [4.69, 9.17) is 10.9 Å². The van der Waals surface area contributed by atoms with Gasteiger partial charge in [0.05, 0.1) is 0 Å². The predicted octanol–water partition coefficient (Wildman–Crippen LogP) is 1.24. The fourth-order valence-electron chi connectivity index (χ4n) is 2.11. The van der Waals surface area contributed by atoms with Crippen molar-refractivity contribution in [3.63, 3.8) is 0 Å². The molecule has 0 aromatic rings. The van der Waals surface area contributed by atoms with E-state index in [0.717, 1.165) is 25.4 Å². The molecular formula is C10H21N3O. The Hall–Kier alpha value is -0.770. The summed E-state index contributed by atoms with van der Waals surface area (Å²) in [4.78, 5) is 2.45. The normalized spacial score (nSPS) is 26.7. The summed E-state index contributed by atoms with van der Waals surface area (Å²) in [5.74, 6) is 1.13. The Morgan fingerprint density at radius 1 is 1.71 bits per heavy atom. The van der Waals surface area contributed by atoms with E-state index < -0.39 is 0 Å². The Balaban J connectivity index is 2.45. The average molecular weight is 199 g/mol. The molecule has 0 bridgehead atoms. The first-order valence-electron chi connectivity index (χ1n) is 5.37. The van der Waals surface area contributed by atoms with Crippen LogP contribution in [0.1, 0.15) is 33.1 Å². The van der Waals surface area contributed by atoms with Crippen LogP contribution in [0.3, 0.4) is 0 Å². The van der Waals surface area contributed by atoms with Gasteiger partial charge in [-0.15, -0.1) is 0 Å². The molecule has 0 radical (unpaired) electrons. The summed E-state index contributed by atoms with van der Waals surface area (Å²) in [6.45, 7) is 6.73. The number of hydrogen-bond acceptors (Lipinski definition) is 3. The molecule has 1 aliphatic heterocycles. The van der Waals surface area contributed by atoms with Gasteiger partial charge in [-0.05, 0) is 25.3 Å². The lowest BCUT2D eigenvalue weighted by molar-refractivity contribution is 0.231. The van der Waals surface area contributed by atoms with E-state index >= 15 is 0 Å². The molecule has 0 aliphatic carbocycles. The van der Waals surface area contributed by atoms with E-state index in [1.165, 1.54) is 6.42 Å². The van der Waals surface area contributed by atoms with E-state index in [2.05, 4.69) is 23.9 Å². The summed E-state index contributed by atoms with van der Waals surface area (Å²) in [5.41, 5.74) is 5.53. The number of oxime groups is 1. The maximum atomic E-state index is 8.52. The zero-order valence-corrected chi connectivity index (χ0v) is 9.11. The van der Waals surface area contributed by atoms with E-state index in [1.807, 2.05) is 0 Å². The summed E-state index contributed by atoms with van der Waals surface area (Å²) >= 11 is 0. The van der Waals surface area contributed by atoms with Gasteiger partial charge < -0.3 is 10.9 Å². The molecule has 1 aliphatic rings. The molecule has 0 amide bonds. The molecule has 1 fully saturated rings. The average Bonchev–Trinajstić information content (AvgIpc) is 2.60. The molecular weight excluding hydrogens is 178 g/mol. The molecule has 82 valence electrons. The van der Waals surface area contributed by atoms with Crippen molar-refractivity contribution in [2.75, 3.05) is 13.1 Å². The van der Waals surface area contributed by atoms with Crippen molar-refractivity contribution in [2.45, 2.75) is 39.2 Å². The highest BCUT2D eigenvalue weighted by molar-refractivity contribution is 5.80. The van der Waals surface area contributed by atoms with Crippen LogP contribution < -0.4 is 5.73 Å². The van der Waals surface area contributed by atoms with Gasteiger partial charge in [-0.25, -0.2) is 0 Å². The first-order valence-corrected chi connectivity index (χ1v) is 5.37. The van der Waals surface area contributed by atoms with Crippen LogP contribution in [-0.2, 0) is 0 Å². The van der Waals surface area contributed by atoms with Crippen LogP contribution >= 0.6 is 0 Å². The number of nitrogens with zero attached hydrogens (tertiary/aromatic N) is 2. The summed E-state index contributed by atoms with van der Waals surface area (Å²) < 4.78 is 0. The van der Waals surface area contributed by atoms with E-state index in [-0.39, 0.29) is 0 Å². The van der Waals surface area contributed by atoms with E-state index in [1.54, 1.807) is 0 Å². The number of amidine groups is 1. The maximum absolute atomic E-state index is 8.52. The highest BCUT2D eigenvalue weighted by Gasteiger charge is 2.25. The van der Waals surface area contributed by atoms with Crippen molar-refractivity contribution in [1.29, 1.82) is 0 Å². The second kappa shape index (κ2) is 5.20. The molecule has 1 rings (SSSR count). The lowest BCUT2D eigenvalue weighted by Crippen LogP contribution is -2.36. The van der Waals surface area contributed by atoms with Gasteiger partial charge in [-0.2, -0.15) is 0 Å². The van der Waals surface area contributed by atoms with Crippen LogP contribution in [0, 0.1) is 5.92 Å². The smallest absolute Gasteiger partial charge is 0.140 e. The van der Waals surface area contributed by atoms with Crippen molar-refractivity contribution in [2.24, 2.45) is 16.8 Å². The molecule has 14 heavy (non-hydrogen) atoms. The van der Waals surface area contributed by atoms with Crippen molar-refractivity contribution < 1.29 is 5.21 Å². The second-order valence-electron chi connectivity index (χ2n) is 4.25. The van der Waals surface area contributed by atoms with Crippen LogP contribution in [0.2, 0.25) is 0 Å². The zero-order chi connectivity index (χ0) is 10.6. The maximum Gasteiger partial charge on any atom is 0.140 e. The molecule has 0 aromatic carbocycles. The predicted molar refractivity (Wildman–Crippen MR) is 57.5 cm³/mol. The summed E-state index contributed by atoms with van der Waals surface area (Å²) in [6, 6.07) is 0.441. The third-order valence-electron chi connectivity index (χ3n) is 3.02. The Bertz CT molecular complexity index is 206. The molecule has 0 aromatic heterocycles. The van der Waals surface area contributed by atoms with Gasteiger partial charge >= 0.3 is 0 Å². The second-order valence-corrected chi connectivity index (χ2v) is 4.25. The number of hydrogen-bond donors (Lipinski definition) is 2. The minimum absolute atomic E-state index is 0.344. The lowest BCUT2D eigenvalue weighted by atomic mass is 10.1. The molecule has 1 heterocycles. The molecule has 0 spiro atoms. The van der Waals surface area contributed by atoms with Gasteiger partial charge in [0, 0.05) is 19.0 Å². The Morgan fingerprint density at radius 3 is 2.86 bits per heavy atom. The van der Waals surface area contributed by atoms with Gasteiger partial charge in [0.2, 0.25) is 0 Å². The first kappa shape index (κ1) is 11.3. The van der Waals surface area contributed by atoms with Crippen LogP contribution in [0.4, 0.5) is 0 Å². The van der Waals surface area contributed by atoms with E-state index in [9.17, 15) is 0 Å². The number of nitrogens with two attached hydrogens (primary N) is 1. The first-order chi connectivity index (χ1) is 6.67. The monoisotopic (exact) mass is 199 g/mol. The fraction of sp³-hybridized carbons (Fsp3) is 0.900. The lowest BCUT2D eigenvalue weighted by Gasteiger charge is -2.26. The summed E-state index contributed by atoms with van der Waals surface area (Å²) in [6.07, 6.45) is 3.01. The Labute approximate surface area is 85.8 Å². The molecule has 0 saturated carbocycles.